The van der Waals surface area contributed by atoms with Gasteiger partial charge in [0.15, 0.2) is 5.58 Å². The van der Waals surface area contributed by atoms with Gasteiger partial charge in [0.1, 0.15) is 5.52 Å². The minimum Gasteiger partial charge on any atom is -0.436 e. The van der Waals surface area contributed by atoms with Gasteiger partial charge in [-0.3, -0.25) is 0 Å². The van der Waals surface area contributed by atoms with Gasteiger partial charge in [-0.1, -0.05) is 123 Å². The quantitative estimate of drug-likeness (QED) is 0.158. The minimum absolute atomic E-state index is 0.652. The molecule has 0 spiro atoms. The van der Waals surface area contributed by atoms with E-state index in [1.54, 1.807) is 0 Å². The van der Waals surface area contributed by atoms with Crippen molar-refractivity contribution in [2.45, 2.75) is 32.6 Å². The molecule has 238 valence electrons. The van der Waals surface area contributed by atoms with Crippen LogP contribution in [-0.2, 0) is 6.42 Å². The van der Waals surface area contributed by atoms with E-state index in [1.807, 2.05) is 6.07 Å². The van der Waals surface area contributed by atoms with E-state index in [0.29, 0.717) is 5.89 Å². The van der Waals surface area contributed by atoms with Gasteiger partial charge in [0.2, 0.25) is 5.89 Å². The number of anilines is 2. The third kappa shape index (κ3) is 6.24. The van der Waals surface area contributed by atoms with Gasteiger partial charge in [-0.2, -0.15) is 0 Å². The predicted molar refractivity (Wildman–Crippen MR) is 205 cm³/mol. The molecule has 3 heteroatoms. The Hall–Kier alpha value is -5.93. The molecule has 0 bridgehead atoms. The molecule has 0 saturated carbocycles. The average Bonchev–Trinajstić information content (AvgIpc) is 3.60. The first-order chi connectivity index (χ1) is 24.2. The van der Waals surface area contributed by atoms with Crippen molar-refractivity contribution >= 4 is 22.5 Å². The molecule has 1 aliphatic carbocycles. The number of fused-ring (bicyclic) bond motifs is 1. The minimum atomic E-state index is 0.652. The summed E-state index contributed by atoms with van der Waals surface area (Å²) in [6.07, 6.45) is 11.1. The van der Waals surface area contributed by atoms with Crippen LogP contribution in [0.5, 0.6) is 0 Å². The lowest BCUT2D eigenvalue weighted by Gasteiger charge is -2.27. The van der Waals surface area contributed by atoms with E-state index in [-0.39, 0.29) is 0 Å². The molecule has 1 aromatic heterocycles. The SMILES string of the molecule is CCCc1ccc2oc(-c3ccc(-c4ccccc4-c4ccccc4-c4ccc(N(C5=CCCC=C5)c5ccccc5)cc4)cc3)nc2c1. The summed E-state index contributed by atoms with van der Waals surface area (Å²) in [5, 5.41) is 0. The van der Waals surface area contributed by atoms with Crippen molar-refractivity contribution < 1.29 is 4.42 Å². The Kier molecular flexibility index (Phi) is 8.48. The molecular weight excluding hydrogens is 597 g/mol. The van der Waals surface area contributed by atoms with Gasteiger partial charge in [-0.05, 0) is 113 Å². The number of benzene rings is 6. The maximum Gasteiger partial charge on any atom is 0.227 e. The first kappa shape index (κ1) is 30.4. The summed E-state index contributed by atoms with van der Waals surface area (Å²) in [7, 11) is 0. The Morgan fingerprint density at radius 2 is 1.18 bits per heavy atom. The van der Waals surface area contributed by atoms with Crippen LogP contribution in [0, 0.1) is 0 Å². The lowest BCUT2D eigenvalue weighted by Crippen LogP contribution is -2.16. The number of nitrogens with zero attached hydrogens (tertiary/aromatic N) is 2. The molecule has 0 unspecified atom stereocenters. The van der Waals surface area contributed by atoms with Crippen molar-refractivity contribution in [1.82, 2.24) is 4.98 Å². The number of aromatic nitrogens is 1. The number of rotatable bonds is 9. The molecular formula is C46H38N2O. The summed E-state index contributed by atoms with van der Waals surface area (Å²) in [5.41, 5.74) is 14.6. The van der Waals surface area contributed by atoms with Crippen LogP contribution < -0.4 is 4.90 Å². The molecule has 0 aliphatic heterocycles. The Balaban J connectivity index is 1.11. The smallest absolute Gasteiger partial charge is 0.227 e. The van der Waals surface area contributed by atoms with Crippen LogP contribution in [0.25, 0.3) is 55.9 Å². The van der Waals surface area contributed by atoms with Crippen LogP contribution in [0.2, 0.25) is 0 Å². The summed E-state index contributed by atoms with van der Waals surface area (Å²) in [6, 6.07) is 51.9. The van der Waals surface area contributed by atoms with E-state index < -0.39 is 0 Å². The van der Waals surface area contributed by atoms with Crippen molar-refractivity contribution in [3.8, 4) is 44.8 Å². The summed E-state index contributed by atoms with van der Waals surface area (Å²) in [6.45, 7) is 2.20. The number of oxazole rings is 1. The molecule has 49 heavy (non-hydrogen) atoms. The predicted octanol–water partition coefficient (Wildman–Crippen LogP) is 12.8. The fourth-order valence-electron chi connectivity index (χ4n) is 6.85. The molecule has 0 amide bonds. The zero-order valence-electron chi connectivity index (χ0n) is 27.7. The van der Waals surface area contributed by atoms with E-state index in [1.165, 1.54) is 39.1 Å². The Morgan fingerprint density at radius 3 is 1.82 bits per heavy atom. The fraction of sp³-hybridized carbons (Fsp3) is 0.109. The molecule has 8 rings (SSSR count). The second-order valence-corrected chi connectivity index (χ2v) is 12.6. The largest absolute Gasteiger partial charge is 0.436 e. The van der Waals surface area contributed by atoms with E-state index >= 15 is 0 Å². The summed E-state index contributed by atoms with van der Waals surface area (Å²) < 4.78 is 6.15. The van der Waals surface area contributed by atoms with Crippen LogP contribution >= 0.6 is 0 Å². The molecule has 0 saturated heterocycles. The van der Waals surface area contributed by atoms with Gasteiger partial charge in [0.05, 0.1) is 0 Å². The lowest BCUT2D eigenvalue weighted by atomic mass is 9.89. The molecule has 1 aliphatic rings. The Morgan fingerprint density at radius 1 is 0.592 bits per heavy atom. The molecule has 0 radical (unpaired) electrons. The second kappa shape index (κ2) is 13.7. The Bertz CT molecular complexity index is 2280. The van der Waals surface area contributed by atoms with Crippen LogP contribution in [0.15, 0.2) is 174 Å². The van der Waals surface area contributed by atoms with Crippen molar-refractivity contribution in [3.63, 3.8) is 0 Å². The first-order valence-electron chi connectivity index (χ1n) is 17.3. The third-order valence-electron chi connectivity index (χ3n) is 9.26. The normalized spacial score (nSPS) is 12.6. The molecule has 6 aromatic carbocycles. The highest BCUT2D eigenvalue weighted by atomic mass is 16.3. The van der Waals surface area contributed by atoms with Gasteiger partial charge >= 0.3 is 0 Å². The molecule has 1 heterocycles. The molecule has 0 fully saturated rings. The standard InChI is InChI=1S/C46H38N2O/c1-2-13-33-22-31-45-44(32-33)47-46(49-45)36-25-23-34(24-26-36)40-18-9-11-20-42(40)43-21-12-10-19-41(43)35-27-29-39(30-28-35)48(37-14-5-3-6-15-37)38-16-7-4-8-17-38/h3,5-7,9-12,14-32H,2,4,8,13H2,1H3. The maximum absolute atomic E-state index is 6.15. The number of aryl methyl sites for hydroxylation is 1. The van der Waals surface area contributed by atoms with Crippen LogP contribution in [0.1, 0.15) is 31.7 Å². The van der Waals surface area contributed by atoms with Gasteiger partial charge in [-0.15, -0.1) is 0 Å². The zero-order chi connectivity index (χ0) is 33.0. The molecule has 0 N–H and O–H groups in total. The molecule has 7 aromatic rings. The van der Waals surface area contributed by atoms with Crippen molar-refractivity contribution in [2.24, 2.45) is 0 Å². The average molecular weight is 635 g/mol. The number of hydrogen-bond donors (Lipinski definition) is 0. The third-order valence-corrected chi connectivity index (χ3v) is 9.26. The van der Waals surface area contributed by atoms with E-state index in [2.05, 4.69) is 170 Å². The van der Waals surface area contributed by atoms with Gasteiger partial charge in [-0.25, -0.2) is 4.98 Å². The molecule has 3 nitrogen and oxygen atoms in total. The van der Waals surface area contributed by atoms with Gasteiger partial charge < -0.3 is 9.32 Å². The monoisotopic (exact) mass is 634 g/mol. The highest BCUT2D eigenvalue weighted by molar-refractivity contribution is 5.92. The summed E-state index contributed by atoms with van der Waals surface area (Å²) >= 11 is 0. The summed E-state index contributed by atoms with van der Waals surface area (Å²) in [5.74, 6) is 0.652. The summed E-state index contributed by atoms with van der Waals surface area (Å²) in [4.78, 5) is 7.17. The number of allylic oxidation sites excluding steroid dienone is 3. The van der Waals surface area contributed by atoms with Crippen LogP contribution in [-0.4, -0.2) is 4.98 Å². The van der Waals surface area contributed by atoms with Crippen LogP contribution in [0.4, 0.5) is 11.4 Å². The fourth-order valence-corrected chi connectivity index (χ4v) is 6.85. The van der Waals surface area contributed by atoms with Gasteiger partial charge in [0.25, 0.3) is 0 Å². The van der Waals surface area contributed by atoms with Crippen molar-refractivity contribution in [1.29, 1.82) is 0 Å². The second-order valence-electron chi connectivity index (χ2n) is 12.6. The zero-order valence-corrected chi connectivity index (χ0v) is 27.7. The first-order valence-corrected chi connectivity index (χ1v) is 17.3. The van der Waals surface area contributed by atoms with Crippen molar-refractivity contribution in [2.75, 3.05) is 4.90 Å². The van der Waals surface area contributed by atoms with E-state index in [4.69, 9.17) is 9.40 Å². The van der Waals surface area contributed by atoms with Gasteiger partial charge in [0, 0.05) is 22.6 Å². The highest BCUT2D eigenvalue weighted by Gasteiger charge is 2.17. The number of hydrogen-bond acceptors (Lipinski definition) is 3. The van der Waals surface area contributed by atoms with E-state index in [0.717, 1.165) is 59.3 Å². The topological polar surface area (TPSA) is 29.3 Å². The van der Waals surface area contributed by atoms with Crippen molar-refractivity contribution in [3.05, 3.63) is 175 Å². The highest BCUT2D eigenvalue weighted by Crippen LogP contribution is 2.40. The van der Waals surface area contributed by atoms with E-state index in [9.17, 15) is 0 Å². The number of para-hydroxylation sites is 1. The Labute approximate surface area is 288 Å². The van der Waals surface area contributed by atoms with Crippen LogP contribution in [0.3, 0.4) is 0 Å². The maximum atomic E-state index is 6.15. The lowest BCUT2D eigenvalue weighted by molar-refractivity contribution is 0.620. The molecule has 0 atom stereocenters.